The van der Waals surface area contributed by atoms with Gasteiger partial charge in [0.05, 0.1) is 11.4 Å². The van der Waals surface area contributed by atoms with Gasteiger partial charge < -0.3 is 9.80 Å². The van der Waals surface area contributed by atoms with Crippen LogP contribution < -0.4 is 0 Å². The molecule has 0 saturated carbocycles. The molecule has 0 N–H and O–H groups in total. The van der Waals surface area contributed by atoms with Crippen LogP contribution in [0.3, 0.4) is 0 Å². The zero-order chi connectivity index (χ0) is 19.3. The van der Waals surface area contributed by atoms with Crippen LogP contribution in [0.2, 0.25) is 0 Å². The zero-order valence-corrected chi connectivity index (χ0v) is 16.8. The van der Waals surface area contributed by atoms with Gasteiger partial charge in [-0.25, -0.2) is 0 Å². The maximum atomic E-state index is 12.6. The summed E-state index contributed by atoms with van der Waals surface area (Å²) in [5, 5.41) is 6.84. The Kier molecular flexibility index (Phi) is 5.69. The monoisotopic (exact) mass is 392 g/mol. The molecule has 0 unspecified atom stereocenters. The molecule has 1 aromatic carbocycles. The Hall–Kier alpha value is -2.70. The average molecular weight is 393 g/mol. The predicted molar refractivity (Wildman–Crippen MR) is 114 cm³/mol. The third-order valence-electron chi connectivity index (χ3n) is 4.95. The van der Waals surface area contributed by atoms with E-state index in [1.165, 1.54) is 5.56 Å². The molecule has 0 spiro atoms. The van der Waals surface area contributed by atoms with Gasteiger partial charge in [-0.05, 0) is 30.1 Å². The summed E-state index contributed by atoms with van der Waals surface area (Å²) in [6, 6.07) is 14.4. The SMILES string of the molecule is CN1CCN(C(=O)C=Cc2cn(Cc3ccccc3)nc2-c2cccs2)CC1. The van der Waals surface area contributed by atoms with Gasteiger partial charge in [0, 0.05) is 44.0 Å². The molecular weight excluding hydrogens is 368 g/mol. The molecule has 0 aliphatic carbocycles. The van der Waals surface area contributed by atoms with Gasteiger partial charge in [0.2, 0.25) is 5.91 Å². The van der Waals surface area contributed by atoms with E-state index in [1.807, 2.05) is 46.1 Å². The van der Waals surface area contributed by atoms with E-state index < -0.39 is 0 Å². The highest BCUT2D eigenvalue weighted by atomic mass is 32.1. The number of benzene rings is 1. The Morgan fingerprint density at radius 1 is 1.11 bits per heavy atom. The maximum absolute atomic E-state index is 12.6. The van der Waals surface area contributed by atoms with E-state index in [2.05, 4.69) is 35.5 Å². The third kappa shape index (κ3) is 4.40. The van der Waals surface area contributed by atoms with E-state index in [-0.39, 0.29) is 5.91 Å². The molecule has 2 aromatic heterocycles. The molecule has 1 aliphatic rings. The van der Waals surface area contributed by atoms with Gasteiger partial charge in [0.1, 0.15) is 5.69 Å². The second-order valence-corrected chi connectivity index (χ2v) is 8.00. The Balaban J connectivity index is 1.55. The van der Waals surface area contributed by atoms with Gasteiger partial charge in [0.15, 0.2) is 0 Å². The molecule has 3 aromatic rings. The lowest BCUT2D eigenvalue weighted by molar-refractivity contribution is -0.127. The van der Waals surface area contributed by atoms with Crippen LogP contribution in [0.1, 0.15) is 11.1 Å². The van der Waals surface area contributed by atoms with E-state index in [9.17, 15) is 4.79 Å². The largest absolute Gasteiger partial charge is 0.337 e. The molecule has 3 heterocycles. The van der Waals surface area contributed by atoms with Crippen molar-refractivity contribution in [1.82, 2.24) is 19.6 Å². The molecule has 1 amide bonds. The van der Waals surface area contributed by atoms with Gasteiger partial charge in [-0.1, -0.05) is 36.4 Å². The van der Waals surface area contributed by atoms with Crippen molar-refractivity contribution in [2.75, 3.05) is 33.2 Å². The van der Waals surface area contributed by atoms with Crippen molar-refractivity contribution in [2.24, 2.45) is 0 Å². The van der Waals surface area contributed by atoms with Gasteiger partial charge in [-0.3, -0.25) is 9.48 Å². The highest BCUT2D eigenvalue weighted by Crippen LogP contribution is 2.28. The van der Waals surface area contributed by atoms with E-state index in [1.54, 1.807) is 17.4 Å². The highest BCUT2D eigenvalue weighted by molar-refractivity contribution is 7.13. The first-order chi connectivity index (χ1) is 13.7. The number of piperazine rings is 1. The Bertz CT molecular complexity index is 938. The number of likely N-dealkylation sites (N-methyl/N-ethyl adjacent to an activating group) is 1. The molecule has 5 nitrogen and oxygen atoms in total. The van der Waals surface area contributed by atoms with Crippen LogP contribution in [0.15, 0.2) is 60.1 Å². The van der Waals surface area contributed by atoms with Crippen LogP contribution in [0.25, 0.3) is 16.6 Å². The van der Waals surface area contributed by atoms with Crippen molar-refractivity contribution in [3.05, 3.63) is 71.2 Å². The predicted octanol–water partition coefficient (Wildman–Crippen LogP) is 3.45. The molecule has 0 atom stereocenters. The number of hydrogen-bond acceptors (Lipinski definition) is 4. The Morgan fingerprint density at radius 3 is 2.61 bits per heavy atom. The number of rotatable bonds is 5. The fourth-order valence-electron chi connectivity index (χ4n) is 3.31. The van der Waals surface area contributed by atoms with E-state index in [0.717, 1.165) is 42.3 Å². The van der Waals surface area contributed by atoms with Crippen molar-refractivity contribution in [2.45, 2.75) is 6.54 Å². The molecule has 6 heteroatoms. The minimum absolute atomic E-state index is 0.0704. The van der Waals surface area contributed by atoms with Crippen LogP contribution in [0.5, 0.6) is 0 Å². The lowest BCUT2D eigenvalue weighted by Gasteiger charge is -2.31. The van der Waals surface area contributed by atoms with Crippen molar-refractivity contribution >= 4 is 23.3 Å². The number of hydrogen-bond donors (Lipinski definition) is 0. The lowest BCUT2D eigenvalue weighted by atomic mass is 10.2. The smallest absolute Gasteiger partial charge is 0.246 e. The first-order valence-electron chi connectivity index (χ1n) is 9.50. The summed E-state index contributed by atoms with van der Waals surface area (Å²) in [6.45, 7) is 4.12. The molecule has 1 saturated heterocycles. The number of nitrogens with zero attached hydrogens (tertiary/aromatic N) is 4. The first-order valence-corrected chi connectivity index (χ1v) is 10.4. The topological polar surface area (TPSA) is 41.4 Å². The normalized spacial score (nSPS) is 15.4. The quantitative estimate of drug-likeness (QED) is 0.625. The van der Waals surface area contributed by atoms with Crippen LogP contribution in [0, 0.1) is 0 Å². The van der Waals surface area contributed by atoms with Crippen LogP contribution in [0.4, 0.5) is 0 Å². The molecule has 0 radical (unpaired) electrons. The summed E-state index contributed by atoms with van der Waals surface area (Å²) >= 11 is 1.66. The van der Waals surface area contributed by atoms with E-state index in [4.69, 9.17) is 5.10 Å². The number of carbonyl (C=O) groups excluding carboxylic acids is 1. The fourth-order valence-corrected chi connectivity index (χ4v) is 4.04. The maximum Gasteiger partial charge on any atom is 0.246 e. The average Bonchev–Trinajstić information content (AvgIpc) is 3.37. The summed E-state index contributed by atoms with van der Waals surface area (Å²) in [5.74, 6) is 0.0704. The standard InChI is InChI=1S/C22H24N4OS/c1-24-11-13-25(14-12-24)21(27)10-9-19-17-26(16-18-6-3-2-4-7-18)23-22(19)20-8-5-15-28-20/h2-10,15,17H,11-14,16H2,1H3. The molecule has 28 heavy (non-hydrogen) atoms. The van der Waals surface area contributed by atoms with Gasteiger partial charge in [0.25, 0.3) is 0 Å². The summed E-state index contributed by atoms with van der Waals surface area (Å²) < 4.78 is 1.95. The lowest BCUT2D eigenvalue weighted by Crippen LogP contribution is -2.46. The summed E-state index contributed by atoms with van der Waals surface area (Å²) in [5.41, 5.74) is 3.10. The van der Waals surface area contributed by atoms with Crippen molar-refractivity contribution in [3.63, 3.8) is 0 Å². The van der Waals surface area contributed by atoms with Gasteiger partial charge in [-0.2, -0.15) is 5.10 Å². The molecule has 0 bridgehead atoms. The second kappa shape index (κ2) is 8.54. The van der Waals surface area contributed by atoms with Crippen molar-refractivity contribution in [3.8, 4) is 10.6 Å². The van der Waals surface area contributed by atoms with Crippen LogP contribution >= 0.6 is 11.3 Å². The van der Waals surface area contributed by atoms with Crippen LogP contribution in [-0.4, -0.2) is 58.7 Å². The number of aromatic nitrogens is 2. The fraction of sp³-hybridized carbons (Fsp3) is 0.273. The molecular formula is C22H24N4OS. The zero-order valence-electron chi connectivity index (χ0n) is 16.0. The van der Waals surface area contributed by atoms with Crippen LogP contribution in [-0.2, 0) is 11.3 Å². The van der Waals surface area contributed by atoms with E-state index >= 15 is 0 Å². The number of amides is 1. The van der Waals surface area contributed by atoms with Gasteiger partial charge >= 0.3 is 0 Å². The summed E-state index contributed by atoms with van der Waals surface area (Å²) in [4.78, 5) is 17.8. The minimum atomic E-state index is 0.0704. The number of thiophene rings is 1. The minimum Gasteiger partial charge on any atom is -0.337 e. The van der Waals surface area contributed by atoms with Crippen molar-refractivity contribution in [1.29, 1.82) is 0 Å². The van der Waals surface area contributed by atoms with Crippen molar-refractivity contribution < 1.29 is 4.79 Å². The second-order valence-electron chi connectivity index (χ2n) is 7.06. The molecule has 1 aliphatic heterocycles. The Labute approximate surface area is 169 Å². The summed E-state index contributed by atoms with van der Waals surface area (Å²) in [6.07, 6.45) is 5.62. The molecule has 1 fully saturated rings. The van der Waals surface area contributed by atoms with Gasteiger partial charge in [-0.15, -0.1) is 11.3 Å². The highest BCUT2D eigenvalue weighted by Gasteiger charge is 2.17. The Morgan fingerprint density at radius 2 is 1.89 bits per heavy atom. The van der Waals surface area contributed by atoms with E-state index in [0.29, 0.717) is 6.54 Å². The summed E-state index contributed by atoms with van der Waals surface area (Å²) in [7, 11) is 2.09. The molecule has 144 valence electrons. The third-order valence-corrected chi connectivity index (χ3v) is 5.83. The number of carbonyl (C=O) groups is 1. The molecule has 4 rings (SSSR count). The first kappa shape index (κ1) is 18.7.